The minimum Gasteiger partial charge on any atom is -0.369 e. The molecule has 0 amide bonds. The summed E-state index contributed by atoms with van der Waals surface area (Å²) in [6.07, 6.45) is -2.56. The van der Waals surface area contributed by atoms with Crippen molar-refractivity contribution < 1.29 is 13.2 Å². The molecule has 0 bridgehead atoms. The number of rotatable bonds is 2. The summed E-state index contributed by atoms with van der Waals surface area (Å²) in [7, 11) is 1.87. The van der Waals surface area contributed by atoms with Crippen LogP contribution in [0.2, 0.25) is 0 Å². The first-order valence-corrected chi connectivity index (χ1v) is 8.48. The van der Waals surface area contributed by atoms with Gasteiger partial charge in [0.2, 0.25) is 0 Å². The molecule has 144 valence electrons. The zero-order valence-electron chi connectivity index (χ0n) is 14.9. The summed E-state index contributed by atoms with van der Waals surface area (Å²) in [5.74, 6) is 0.963. The molecule has 0 fully saturated rings. The average molecular weight is 386 g/mol. The molecule has 9 heteroatoms. The van der Waals surface area contributed by atoms with Crippen LogP contribution < -0.4 is 11.1 Å². The number of benzene rings is 2. The van der Waals surface area contributed by atoms with E-state index in [2.05, 4.69) is 20.3 Å². The third-order valence-electron chi connectivity index (χ3n) is 4.44. The lowest BCUT2D eigenvalue weighted by atomic mass is 10.1. The van der Waals surface area contributed by atoms with Gasteiger partial charge in [0.1, 0.15) is 11.4 Å². The van der Waals surface area contributed by atoms with Gasteiger partial charge in [-0.05, 0) is 29.8 Å². The number of nitrogens with zero attached hydrogens (tertiary/aromatic N) is 3. The molecule has 0 radical (unpaired) electrons. The van der Waals surface area contributed by atoms with Crippen LogP contribution in [0.5, 0.6) is 0 Å². The second kappa shape index (κ2) is 6.59. The fourth-order valence-electron chi connectivity index (χ4n) is 2.97. The SMILES string of the molecule is CN1CNC(c2ccc(C(F)(F)F)cc2)=CC1=Nc1cccc2[nH]c(N)nc12. The molecular formula is C19H17F3N6. The summed E-state index contributed by atoms with van der Waals surface area (Å²) in [6.45, 7) is 0.463. The first-order valence-electron chi connectivity index (χ1n) is 8.48. The lowest BCUT2D eigenvalue weighted by molar-refractivity contribution is -0.137. The Morgan fingerprint density at radius 1 is 1.14 bits per heavy atom. The zero-order valence-corrected chi connectivity index (χ0v) is 14.9. The van der Waals surface area contributed by atoms with E-state index in [1.54, 1.807) is 6.08 Å². The Bertz CT molecular complexity index is 1080. The van der Waals surface area contributed by atoms with E-state index < -0.39 is 11.7 Å². The number of hydrogen-bond acceptors (Lipinski definition) is 4. The Kier molecular flexibility index (Phi) is 4.21. The Morgan fingerprint density at radius 3 is 2.61 bits per heavy atom. The molecule has 0 saturated carbocycles. The molecule has 0 unspecified atom stereocenters. The number of aliphatic imine (C=N–C) groups is 1. The van der Waals surface area contributed by atoms with Crippen LogP contribution in [0.1, 0.15) is 11.1 Å². The summed E-state index contributed by atoms with van der Waals surface area (Å²) in [4.78, 5) is 13.8. The van der Waals surface area contributed by atoms with Gasteiger partial charge >= 0.3 is 6.18 Å². The van der Waals surface area contributed by atoms with Gasteiger partial charge in [0, 0.05) is 18.8 Å². The van der Waals surface area contributed by atoms with Gasteiger partial charge in [-0.3, -0.25) is 0 Å². The molecule has 4 rings (SSSR count). The minimum atomic E-state index is -4.36. The van der Waals surface area contributed by atoms with E-state index in [4.69, 9.17) is 5.73 Å². The average Bonchev–Trinajstić information content (AvgIpc) is 3.04. The summed E-state index contributed by atoms with van der Waals surface area (Å²) in [5.41, 5.74) is 8.48. The van der Waals surface area contributed by atoms with Gasteiger partial charge in [0.05, 0.1) is 23.4 Å². The molecular weight excluding hydrogens is 369 g/mol. The van der Waals surface area contributed by atoms with Crippen LogP contribution in [0.3, 0.4) is 0 Å². The fourth-order valence-corrected chi connectivity index (χ4v) is 2.97. The highest BCUT2D eigenvalue weighted by molar-refractivity contribution is 6.03. The normalized spacial score (nSPS) is 16.4. The van der Waals surface area contributed by atoms with Crippen LogP contribution >= 0.6 is 0 Å². The second-order valence-corrected chi connectivity index (χ2v) is 6.43. The molecule has 2 heterocycles. The Balaban J connectivity index is 1.71. The van der Waals surface area contributed by atoms with Gasteiger partial charge in [-0.25, -0.2) is 9.98 Å². The molecule has 1 aliphatic rings. The fraction of sp³-hybridized carbons (Fsp3) is 0.158. The summed E-state index contributed by atoms with van der Waals surface area (Å²) < 4.78 is 38.3. The van der Waals surface area contributed by atoms with E-state index in [9.17, 15) is 13.2 Å². The maximum absolute atomic E-state index is 12.8. The quantitative estimate of drug-likeness (QED) is 0.627. The van der Waals surface area contributed by atoms with Crippen molar-refractivity contribution in [1.82, 2.24) is 20.2 Å². The maximum Gasteiger partial charge on any atom is 0.416 e. The van der Waals surface area contributed by atoms with E-state index in [-0.39, 0.29) is 0 Å². The summed E-state index contributed by atoms with van der Waals surface area (Å²) in [5, 5.41) is 3.18. The smallest absolute Gasteiger partial charge is 0.369 e. The number of para-hydroxylation sites is 1. The van der Waals surface area contributed by atoms with E-state index in [1.165, 1.54) is 12.1 Å². The number of halogens is 3. The standard InChI is InChI=1S/C19H17F3N6/c1-28-10-24-15(11-5-7-12(8-6-11)19(20,21)22)9-16(28)25-13-3-2-4-14-17(13)27-18(23)26-14/h2-9,24H,10H2,1H3,(H3,23,26,27). The van der Waals surface area contributed by atoms with Crippen LogP contribution in [0.15, 0.2) is 53.5 Å². The third kappa shape index (κ3) is 3.38. The topological polar surface area (TPSA) is 82.3 Å². The van der Waals surface area contributed by atoms with Crippen molar-refractivity contribution in [2.24, 2.45) is 4.99 Å². The van der Waals surface area contributed by atoms with E-state index >= 15 is 0 Å². The summed E-state index contributed by atoms with van der Waals surface area (Å²) in [6, 6.07) is 10.6. The van der Waals surface area contributed by atoms with Crippen molar-refractivity contribution in [3.63, 3.8) is 0 Å². The largest absolute Gasteiger partial charge is 0.416 e. The van der Waals surface area contributed by atoms with E-state index in [1.807, 2.05) is 30.1 Å². The van der Waals surface area contributed by atoms with Crippen molar-refractivity contribution in [1.29, 1.82) is 0 Å². The molecule has 6 nitrogen and oxygen atoms in total. The predicted octanol–water partition coefficient (Wildman–Crippen LogP) is 3.73. The van der Waals surface area contributed by atoms with Crippen LogP contribution in [-0.2, 0) is 6.18 Å². The highest BCUT2D eigenvalue weighted by Gasteiger charge is 2.30. The number of aromatic nitrogens is 2. The highest BCUT2D eigenvalue weighted by atomic mass is 19.4. The van der Waals surface area contributed by atoms with Gasteiger partial charge in [-0.2, -0.15) is 13.2 Å². The number of fused-ring (bicyclic) bond motifs is 1. The summed E-state index contributed by atoms with van der Waals surface area (Å²) >= 11 is 0. The first-order chi connectivity index (χ1) is 13.3. The van der Waals surface area contributed by atoms with Gasteiger partial charge in [0.15, 0.2) is 5.95 Å². The Labute approximate surface area is 158 Å². The van der Waals surface area contributed by atoms with Gasteiger partial charge in [0.25, 0.3) is 0 Å². The third-order valence-corrected chi connectivity index (χ3v) is 4.44. The number of imidazole rings is 1. The van der Waals surface area contributed by atoms with Crippen molar-refractivity contribution in [2.75, 3.05) is 19.5 Å². The lowest BCUT2D eigenvalue weighted by Crippen LogP contribution is -2.38. The predicted molar refractivity (Wildman–Crippen MR) is 103 cm³/mol. The minimum absolute atomic E-state index is 0.308. The monoisotopic (exact) mass is 386 g/mol. The van der Waals surface area contributed by atoms with E-state index in [0.29, 0.717) is 40.9 Å². The molecule has 0 atom stereocenters. The molecule has 1 aromatic heterocycles. The van der Waals surface area contributed by atoms with Crippen LogP contribution in [-0.4, -0.2) is 34.4 Å². The van der Waals surface area contributed by atoms with Crippen molar-refractivity contribution in [2.45, 2.75) is 6.18 Å². The number of H-pyrrole nitrogens is 1. The Hall–Kier alpha value is -3.49. The maximum atomic E-state index is 12.8. The lowest BCUT2D eigenvalue weighted by Gasteiger charge is -2.27. The van der Waals surface area contributed by atoms with Gasteiger partial charge in [-0.1, -0.05) is 18.2 Å². The Morgan fingerprint density at radius 2 is 1.89 bits per heavy atom. The number of nitrogens with two attached hydrogens (primary N) is 1. The van der Waals surface area contributed by atoms with Crippen molar-refractivity contribution in [3.05, 3.63) is 59.7 Å². The van der Waals surface area contributed by atoms with Crippen LogP contribution in [0, 0.1) is 0 Å². The number of alkyl halides is 3. The first kappa shape index (κ1) is 17.9. The van der Waals surface area contributed by atoms with Gasteiger partial charge < -0.3 is 20.9 Å². The van der Waals surface area contributed by atoms with Crippen LogP contribution in [0.25, 0.3) is 16.7 Å². The number of nitrogen functional groups attached to an aromatic ring is 1. The van der Waals surface area contributed by atoms with E-state index in [0.717, 1.165) is 17.6 Å². The highest BCUT2D eigenvalue weighted by Crippen LogP contribution is 2.30. The van der Waals surface area contributed by atoms with Gasteiger partial charge in [-0.15, -0.1) is 0 Å². The molecule has 3 aromatic rings. The number of nitrogens with one attached hydrogen (secondary N) is 2. The van der Waals surface area contributed by atoms with Crippen molar-refractivity contribution in [3.8, 4) is 0 Å². The molecule has 0 spiro atoms. The number of likely N-dealkylation sites (N-methyl/N-ethyl adjacent to an activating group) is 1. The molecule has 28 heavy (non-hydrogen) atoms. The van der Waals surface area contributed by atoms with Crippen molar-refractivity contribution >= 4 is 34.2 Å². The molecule has 1 aliphatic heterocycles. The number of anilines is 1. The molecule has 4 N–H and O–H groups in total. The number of hydrogen-bond donors (Lipinski definition) is 3. The second-order valence-electron chi connectivity index (χ2n) is 6.43. The molecule has 0 saturated heterocycles. The number of amidine groups is 1. The molecule has 2 aromatic carbocycles. The number of aromatic amines is 1. The zero-order chi connectivity index (χ0) is 19.9. The molecule has 0 aliphatic carbocycles. The van der Waals surface area contributed by atoms with Crippen LogP contribution in [0.4, 0.5) is 24.8 Å².